The molecule has 3 unspecified atom stereocenters. The Labute approximate surface area is 240 Å². The number of piperazine rings is 1. The standard InChI is InChI=1S/C30H38N6O5/c1-20(2)17-24(31-28(38)21-6-8-23(9-7-21)33-15-13-32(3)14-16-33)30(40)35-12-10-25-27(35)26(37)19-36(25)29(39)22-5-4-11-34(41)18-22/h4-9,11,18,20,24-25,27H,10,12-17,19H2,1-3H3,(H,31,38). The second-order valence-corrected chi connectivity index (χ2v) is 11.7. The number of likely N-dealkylation sites (tertiary alicyclic amines) is 2. The molecular weight excluding hydrogens is 524 g/mol. The molecule has 0 spiro atoms. The lowest BCUT2D eigenvalue weighted by Crippen LogP contribution is -2.53. The van der Waals surface area contributed by atoms with Crippen molar-refractivity contribution in [3.05, 3.63) is 65.1 Å². The minimum Gasteiger partial charge on any atom is -0.619 e. The smallest absolute Gasteiger partial charge is 0.260 e. The van der Waals surface area contributed by atoms with E-state index in [0.717, 1.165) is 31.9 Å². The molecule has 0 bridgehead atoms. The molecular formula is C30H38N6O5. The Hall–Kier alpha value is -3.99. The number of carbonyl (C=O) groups excluding carboxylic acids is 4. The monoisotopic (exact) mass is 562 g/mol. The summed E-state index contributed by atoms with van der Waals surface area (Å²) in [5, 5.41) is 14.6. The van der Waals surface area contributed by atoms with Crippen LogP contribution in [-0.2, 0) is 9.59 Å². The summed E-state index contributed by atoms with van der Waals surface area (Å²) in [5.74, 6) is -1.15. The molecule has 11 nitrogen and oxygen atoms in total. The molecule has 2 aromatic rings. The van der Waals surface area contributed by atoms with Crippen LogP contribution in [0.25, 0.3) is 0 Å². The summed E-state index contributed by atoms with van der Waals surface area (Å²) >= 11 is 0. The van der Waals surface area contributed by atoms with E-state index >= 15 is 0 Å². The number of carbonyl (C=O) groups is 4. The molecule has 4 heterocycles. The van der Waals surface area contributed by atoms with E-state index in [0.29, 0.717) is 29.7 Å². The number of hydrogen-bond donors (Lipinski definition) is 1. The summed E-state index contributed by atoms with van der Waals surface area (Å²) in [6.07, 6.45) is 3.34. The van der Waals surface area contributed by atoms with Crippen molar-refractivity contribution in [1.82, 2.24) is 20.0 Å². The average molecular weight is 563 g/mol. The Morgan fingerprint density at radius 1 is 1.00 bits per heavy atom. The molecule has 1 aromatic carbocycles. The predicted octanol–water partition coefficient (Wildman–Crippen LogP) is 0.911. The van der Waals surface area contributed by atoms with E-state index in [2.05, 4.69) is 22.2 Å². The van der Waals surface area contributed by atoms with Gasteiger partial charge in [-0.2, -0.15) is 4.73 Å². The van der Waals surface area contributed by atoms with E-state index in [4.69, 9.17) is 0 Å². The normalized spacial score (nSPS) is 21.8. The zero-order chi connectivity index (χ0) is 29.3. The highest BCUT2D eigenvalue weighted by Gasteiger charge is 2.52. The van der Waals surface area contributed by atoms with Crippen molar-refractivity contribution in [2.24, 2.45) is 5.92 Å². The first-order valence-corrected chi connectivity index (χ1v) is 14.3. The molecule has 1 N–H and O–H groups in total. The van der Waals surface area contributed by atoms with Gasteiger partial charge >= 0.3 is 0 Å². The Morgan fingerprint density at radius 2 is 1.71 bits per heavy atom. The Bertz CT molecular complexity index is 1310. The number of Topliss-reactive ketones (excluding diaryl/α,β-unsaturated/α-hetero) is 1. The molecule has 11 heteroatoms. The van der Waals surface area contributed by atoms with E-state index in [1.54, 1.807) is 12.1 Å². The molecule has 218 valence electrons. The molecule has 3 aliphatic heterocycles. The van der Waals surface area contributed by atoms with Crippen LogP contribution in [0.1, 0.15) is 47.4 Å². The summed E-state index contributed by atoms with van der Waals surface area (Å²) in [5.41, 5.74) is 1.73. The molecule has 0 aliphatic carbocycles. The maximum absolute atomic E-state index is 13.8. The van der Waals surface area contributed by atoms with Crippen molar-refractivity contribution >= 4 is 29.2 Å². The van der Waals surface area contributed by atoms with E-state index in [1.807, 2.05) is 26.0 Å². The van der Waals surface area contributed by atoms with Gasteiger partial charge in [0.25, 0.3) is 11.8 Å². The second kappa shape index (κ2) is 11.9. The van der Waals surface area contributed by atoms with E-state index in [1.165, 1.54) is 34.3 Å². The lowest BCUT2D eigenvalue weighted by atomic mass is 10.0. The fraction of sp³-hybridized carbons (Fsp3) is 0.500. The van der Waals surface area contributed by atoms with Crippen molar-refractivity contribution in [3.63, 3.8) is 0 Å². The molecule has 3 saturated heterocycles. The quantitative estimate of drug-likeness (QED) is 0.394. The molecule has 3 fully saturated rings. The molecule has 5 rings (SSSR count). The maximum Gasteiger partial charge on any atom is 0.260 e. The van der Waals surface area contributed by atoms with E-state index < -0.39 is 24.0 Å². The number of nitrogens with one attached hydrogen (secondary N) is 1. The summed E-state index contributed by atoms with van der Waals surface area (Å²) in [6, 6.07) is 8.45. The minimum atomic E-state index is -0.801. The summed E-state index contributed by atoms with van der Waals surface area (Å²) < 4.78 is 0.548. The van der Waals surface area contributed by atoms with Gasteiger partial charge in [0.05, 0.1) is 12.6 Å². The summed E-state index contributed by atoms with van der Waals surface area (Å²) in [6.45, 7) is 7.98. The number of pyridine rings is 1. The summed E-state index contributed by atoms with van der Waals surface area (Å²) in [7, 11) is 2.11. The maximum atomic E-state index is 13.8. The minimum absolute atomic E-state index is 0.118. The van der Waals surface area contributed by atoms with Crippen LogP contribution in [0, 0.1) is 11.1 Å². The predicted molar refractivity (Wildman–Crippen MR) is 152 cm³/mol. The van der Waals surface area contributed by atoms with Gasteiger partial charge in [-0.3, -0.25) is 19.2 Å². The highest BCUT2D eigenvalue weighted by molar-refractivity contribution is 6.03. The number of benzene rings is 1. The largest absolute Gasteiger partial charge is 0.619 e. The van der Waals surface area contributed by atoms with Crippen LogP contribution in [0.3, 0.4) is 0 Å². The lowest BCUT2D eigenvalue weighted by Gasteiger charge is -2.34. The second-order valence-electron chi connectivity index (χ2n) is 11.7. The molecule has 3 amide bonds. The van der Waals surface area contributed by atoms with Crippen LogP contribution < -0.4 is 14.9 Å². The van der Waals surface area contributed by atoms with Gasteiger partial charge in [0.15, 0.2) is 18.2 Å². The number of amides is 3. The first-order chi connectivity index (χ1) is 19.6. The Kier molecular flexibility index (Phi) is 8.25. The van der Waals surface area contributed by atoms with Crippen LogP contribution in [0.4, 0.5) is 5.69 Å². The first kappa shape index (κ1) is 28.5. The van der Waals surface area contributed by atoms with Gasteiger partial charge in [-0.15, -0.1) is 0 Å². The van der Waals surface area contributed by atoms with Gasteiger partial charge in [0.1, 0.15) is 17.6 Å². The van der Waals surface area contributed by atoms with E-state index in [9.17, 15) is 24.4 Å². The number of anilines is 1. The van der Waals surface area contributed by atoms with Gasteiger partial charge in [0.2, 0.25) is 5.91 Å². The number of nitrogens with zero attached hydrogens (tertiary/aromatic N) is 5. The third-order valence-electron chi connectivity index (χ3n) is 8.30. The van der Waals surface area contributed by atoms with Crippen LogP contribution in [0.5, 0.6) is 0 Å². The average Bonchev–Trinajstić information content (AvgIpc) is 3.53. The summed E-state index contributed by atoms with van der Waals surface area (Å²) in [4.78, 5) is 60.9. The zero-order valence-electron chi connectivity index (χ0n) is 23.9. The fourth-order valence-electron chi connectivity index (χ4n) is 6.11. The SMILES string of the molecule is CC(C)CC(NC(=O)c1ccc(N2CCN(C)CC2)cc1)C(=O)N1CCC2C1C(=O)CN2C(=O)c1ccc[n+]([O-])c1. The van der Waals surface area contributed by atoms with Crippen LogP contribution >= 0.6 is 0 Å². The van der Waals surface area contributed by atoms with E-state index in [-0.39, 0.29) is 35.6 Å². The van der Waals surface area contributed by atoms with Crippen LogP contribution in [0.2, 0.25) is 0 Å². The van der Waals surface area contributed by atoms with Crippen LogP contribution in [0.15, 0.2) is 48.8 Å². The number of ketones is 1. The van der Waals surface area contributed by atoms with Gasteiger partial charge in [-0.1, -0.05) is 13.8 Å². The number of hydrogen-bond acceptors (Lipinski definition) is 7. The zero-order valence-corrected chi connectivity index (χ0v) is 23.9. The Balaban J connectivity index is 1.27. The van der Waals surface area contributed by atoms with Crippen molar-refractivity contribution in [1.29, 1.82) is 0 Å². The highest BCUT2D eigenvalue weighted by atomic mass is 16.5. The lowest BCUT2D eigenvalue weighted by molar-refractivity contribution is -0.605. The number of fused-ring (bicyclic) bond motifs is 1. The van der Waals surface area contributed by atoms with Crippen LogP contribution in [-0.4, -0.2) is 103 Å². The number of likely N-dealkylation sites (N-methyl/N-ethyl adjacent to an activating group) is 1. The fourth-order valence-corrected chi connectivity index (χ4v) is 6.11. The highest BCUT2D eigenvalue weighted by Crippen LogP contribution is 2.32. The number of rotatable bonds is 7. The third kappa shape index (κ3) is 6.04. The Morgan fingerprint density at radius 3 is 2.37 bits per heavy atom. The molecule has 0 saturated carbocycles. The first-order valence-electron chi connectivity index (χ1n) is 14.3. The third-order valence-corrected chi connectivity index (χ3v) is 8.30. The molecule has 3 aliphatic rings. The van der Waals surface area contributed by atoms with Gasteiger partial charge in [0, 0.05) is 50.0 Å². The molecule has 1 aromatic heterocycles. The molecule has 41 heavy (non-hydrogen) atoms. The van der Waals surface area contributed by atoms with Gasteiger partial charge in [-0.05, 0) is 56.1 Å². The number of aromatic nitrogens is 1. The van der Waals surface area contributed by atoms with Gasteiger partial charge < -0.3 is 30.1 Å². The molecule has 0 radical (unpaired) electrons. The van der Waals surface area contributed by atoms with Crippen molar-refractivity contribution in [2.45, 2.75) is 44.8 Å². The van der Waals surface area contributed by atoms with Crippen molar-refractivity contribution in [3.8, 4) is 0 Å². The van der Waals surface area contributed by atoms with Gasteiger partial charge in [-0.25, -0.2) is 0 Å². The topological polar surface area (TPSA) is 120 Å². The molecule has 3 atom stereocenters. The van der Waals surface area contributed by atoms with Crippen molar-refractivity contribution in [2.75, 3.05) is 51.2 Å². The van der Waals surface area contributed by atoms with Crippen molar-refractivity contribution < 1.29 is 23.9 Å².